The zero-order valence-electron chi connectivity index (χ0n) is 11.5. The first kappa shape index (κ1) is 14.2. The van der Waals surface area contributed by atoms with E-state index in [9.17, 15) is 4.79 Å². The Morgan fingerprint density at radius 2 is 2.06 bits per heavy atom. The van der Waals surface area contributed by atoms with Crippen LogP contribution in [0, 0.1) is 12.3 Å². The molecular formula is C13H22N2OS. The summed E-state index contributed by atoms with van der Waals surface area (Å²) in [5, 5.41) is 4.07. The van der Waals surface area contributed by atoms with Crippen LogP contribution in [0.3, 0.4) is 0 Å². The Kier molecular flexibility index (Phi) is 4.31. The normalized spacial score (nSPS) is 13.5. The minimum absolute atomic E-state index is 0.00197. The van der Waals surface area contributed by atoms with Crippen molar-refractivity contribution in [2.45, 2.75) is 54.0 Å². The average molecular weight is 254 g/mol. The predicted octanol–water partition coefficient (Wildman–Crippen LogP) is 3.18. The number of rotatable bonds is 3. The minimum Gasteiger partial charge on any atom is -0.348 e. The number of aryl methyl sites for hydroxylation is 2. The first-order chi connectivity index (χ1) is 7.75. The van der Waals surface area contributed by atoms with E-state index in [-0.39, 0.29) is 17.4 Å². The summed E-state index contributed by atoms with van der Waals surface area (Å²) in [7, 11) is 0. The van der Waals surface area contributed by atoms with E-state index in [1.807, 2.05) is 13.8 Å². The fraction of sp³-hybridized carbons (Fsp3) is 0.692. The lowest BCUT2D eigenvalue weighted by Gasteiger charge is -2.27. The topological polar surface area (TPSA) is 42.0 Å². The molecule has 0 radical (unpaired) electrons. The number of amides is 1. The number of nitrogens with zero attached hydrogens (tertiary/aromatic N) is 1. The lowest BCUT2D eigenvalue weighted by molar-refractivity contribution is 0.0913. The van der Waals surface area contributed by atoms with Crippen molar-refractivity contribution in [1.82, 2.24) is 10.3 Å². The molecule has 0 saturated carbocycles. The van der Waals surface area contributed by atoms with Crippen molar-refractivity contribution >= 4 is 17.2 Å². The van der Waals surface area contributed by atoms with Crippen LogP contribution in [-0.4, -0.2) is 16.9 Å². The van der Waals surface area contributed by atoms with Crippen molar-refractivity contribution in [2.75, 3.05) is 0 Å². The molecule has 0 aliphatic carbocycles. The maximum atomic E-state index is 12.1. The van der Waals surface area contributed by atoms with Gasteiger partial charge in [-0.3, -0.25) is 4.79 Å². The van der Waals surface area contributed by atoms with E-state index in [1.54, 1.807) is 0 Å². The van der Waals surface area contributed by atoms with Gasteiger partial charge in [-0.05, 0) is 25.7 Å². The molecule has 1 aromatic rings. The van der Waals surface area contributed by atoms with Gasteiger partial charge in [-0.1, -0.05) is 27.7 Å². The number of nitrogens with one attached hydrogen (secondary N) is 1. The molecule has 1 rings (SSSR count). The van der Waals surface area contributed by atoms with Gasteiger partial charge in [0.1, 0.15) is 4.88 Å². The Bertz CT molecular complexity index is 404. The van der Waals surface area contributed by atoms with Crippen molar-refractivity contribution in [1.29, 1.82) is 0 Å². The van der Waals surface area contributed by atoms with Crippen LogP contribution in [0.2, 0.25) is 0 Å². The fourth-order valence-corrected chi connectivity index (χ4v) is 2.20. The molecule has 4 heteroatoms. The summed E-state index contributed by atoms with van der Waals surface area (Å²) in [6.45, 7) is 12.3. The molecule has 0 fully saturated rings. The lowest BCUT2D eigenvalue weighted by Crippen LogP contribution is -2.41. The maximum absolute atomic E-state index is 12.1. The van der Waals surface area contributed by atoms with Crippen molar-refractivity contribution in [3.05, 3.63) is 15.6 Å². The Morgan fingerprint density at radius 1 is 1.47 bits per heavy atom. The number of aromatic nitrogens is 1. The fourth-order valence-electron chi connectivity index (χ4n) is 1.29. The van der Waals surface area contributed by atoms with E-state index in [1.165, 1.54) is 11.3 Å². The molecular weight excluding hydrogens is 232 g/mol. The van der Waals surface area contributed by atoms with Crippen LogP contribution in [0.15, 0.2) is 0 Å². The summed E-state index contributed by atoms with van der Waals surface area (Å²) >= 11 is 1.50. The van der Waals surface area contributed by atoms with E-state index >= 15 is 0 Å². The number of carbonyl (C=O) groups excluding carboxylic acids is 1. The Balaban J connectivity index is 2.80. The molecule has 0 saturated heterocycles. The van der Waals surface area contributed by atoms with E-state index in [2.05, 4.69) is 38.0 Å². The quantitative estimate of drug-likeness (QED) is 0.900. The van der Waals surface area contributed by atoms with Gasteiger partial charge >= 0.3 is 0 Å². The van der Waals surface area contributed by atoms with Gasteiger partial charge in [0.2, 0.25) is 0 Å². The third kappa shape index (κ3) is 3.53. The largest absolute Gasteiger partial charge is 0.348 e. The van der Waals surface area contributed by atoms with Crippen LogP contribution in [0.1, 0.15) is 55.0 Å². The van der Waals surface area contributed by atoms with Gasteiger partial charge in [-0.2, -0.15) is 0 Å². The Morgan fingerprint density at radius 3 is 2.47 bits per heavy atom. The second-order valence-electron chi connectivity index (χ2n) is 5.44. The molecule has 96 valence electrons. The monoisotopic (exact) mass is 254 g/mol. The summed E-state index contributed by atoms with van der Waals surface area (Å²) in [6.07, 6.45) is 0.883. The van der Waals surface area contributed by atoms with E-state index in [0.29, 0.717) is 0 Å². The third-order valence-corrected chi connectivity index (χ3v) is 4.30. The number of carbonyl (C=O) groups is 1. The predicted molar refractivity (Wildman–Crippen MR) is 72.6 cm³/mol. The van der Waals surface area contributed by atoms with Gasteiger partial charge in [0.15, 0.2) is 0 Å². The van der Waals surface area contributed by atoms with Crippen molar-refractivity contribution in [2.24, 2.45) is 5.41 Å². The highest BCUT2D eigenvalue weighted by Gasteiger charge is 2.24. The summed E-state index contributed by atoms with van der Waals surface area (Å²) < 4.78 is 0. The van der Waals surface area contributed by atoms with E-state index < -0.39 is 0 Å². The van der Waals surface area contributed by atoms with E-state index in [4.69, 9.17) is 0 Å². The molecule has 1 heterocycles. The molecule has 1 amide bonds. The summed E-state index contributed by atoms with van der Waals surface area (Å²) in [5.41, 5.74) is 0.910. The van der Waals surface area contributed by atoms with Gasteiger partial charge in [0, 0.05) is 6.04 Å². The molecule has 0 aromatic carbocycles. The zero-order chi connectivity index (χ0) is 13.2. The molecule has 1 N–H and O–H groups in total. The Labute approximate surface area is 108 Å². The molecule has 0 spiro atoms. The maximum Gasteiger partial charge on any atom is 0.263 e. The smallest absolute Gasteiger partial charge is 0.263 e. The van der Waals surface area contributed by atoms with Crippen LogP contribution in [0.25, 0.3) is 0 Å². The molecule has 0 aliphatic rings. The van der Waals surface area contributed by atoms with Crippen molar-refractivity contribution in [3.63, 3.8) is 0 Å². The van der Waals surface area contributed by atoms with E-state index in [0.717, 1.165) is 22.0 Å². The second kappa shape index (κ2) is 5.17. The third-order valence-electron chi connectivity index (χ3n) is 3.00. The molecule has 3 nitrogen and oxygen atoms in total. The van der Waals surface area contributed by atoms with Crippen molar-refractivity contribution in [3.8, 4) is 0 Å². The number of hydrogen-bond acceptors (Lipinski definition) is 3. The molecule has 1 aromatic heterocycles. The van der Waals surface area contributed by atoms with Gasteiger partial charge in [0.05, 0.1) is 10.7 Å². The highest BCUT2D eigenvalue weighted by atomic mass is 32.1. The zero-order valence-corrected chi connectivity index (χ0v) is 12.4. The van der Waals surface area contributed by atoms with Gasteiger partial charge < -0.3 is 5.32 Å². The second-order valence-corrected chi connectivity index (χ2v) is 6.52. The van der Waals surface area contributed by atoms with Crippen LogP contribution in [0.4, 0.5) is 0 Å². The van der Waals surface area contributed by atoms with Crippen LogP contribution >= 0.6 is 11.3 Å². The van der Waals surface area contributed by atoms with Crippen LogP contribution in [0.5, 0.6) is 0 Å². The molecule has 0 unspecified atom stereocenters. The molecule has 0 bridgehead atoms. The summed E-state index contributed by atoms with van der Waals surface area (Å²) in [4.78, 5) is 17.2. The van der Waals surface area contributed by atoms with Crippen molar-refractivity contribution < 1.29 is 4.79 Å². The number of thiazole rings is 1. The average Bonchev–Trinajstić information content (AvgIpc) is 2.58. The molecule has 0 aliphatic heterocycles. The summed E-state index contributed by atoms with van der Waals surface area (Å²) in [6, 6.07) is 0.140. The highest BCUT2D eigenvalue weighted by Crippen LogP contribution is 2.22. The first-order valence-electron chi connectivity index (χ1n) is 6.02. The van der Waals surface area contributed by atoms with Crippen LogP contribution < -0.4 is 5.32 Å². The van der Waals surface area contributed by atoms with Gasteiger partial charge in [-0.25, -0.2) is 4.98 Å². The van der Waals surface area contributed by atoms with Gasteiger partial charge in [0.25, 0.3) is 5.91 Å². The highest BCUT2D eigenvalue weighted by molar-refractivity contribution is 7.13. The summed E-state index contributed by atoms with van der Waals surface area (Å²) in [5.74, 6) is 0.00197. The molecule has 1 atom stereocenters. The number of hydrogen-bond donors (Lipinski definition) is 1. The standard InChI is InChI=1S/C13H22N2OS/c1-7-10-14-8(2)11(17-10)12(16)15-9(3)13(4,5)6/h9H,7H2,1-6H3,(H,15,16)/t9-/m0/s1. The lowest BCUT2D eigenvalue weighted by atomic mass is 9.88. The van der Waals surface area contributed by atoms with Crippen LogP contribution in [-0.2, 0) is 6.42 Å². The molecule has 17 heavy (non-hydrogen) atoms. The first-order valence-corrected chi connectivity index (χ1v) is 6.84. The van der Waals surface area contributed by atoms with Gasteiger partial charge in [-0.15, -0.1) is 11.3 Å². The minimum atomic E-state index is 0.00197. The Hall–Kier alpha value is -0.900. The SMILES string of the molecule is CCc1nc(C)c(C(=O)N[C@@H](C)C(C)(C)C)s1.